The number of pyridine rings is 1. The van der Waals surface area contributed by atoms with Gasteiger partial charge in [-0.2, -0.15) is 0 Å². The fourth-order valence-electron chi connectivity index (χ4n) is 1.71. The first-order chi connectivity index (χ1) is 6.36. The second-order valence-electron chi connectivity index (χ2n) is 3.50. The van der Waals surface area contributed by atoms with E-state index in [9.17, 15) is 0 Å². The predicted octanol–water partition coefficient (Wildman–Crippen LogP) is 2.50. The van der Waals surface area contributed by atoms with Gasteiger partial charge in [-0.25, -0.2) is 4.98 Å². The SMILES string of the molecule is Cl.Cl.Nc1ccc(N2CCCCC2)nc1. The molecule has 2 N–H and O–H groups in total. The first kappa shape index (κ1) is 14.3. The normalized spacial score (nSPS) is 15.1. The van der Waals surface area contributed by atoms with Gasteiger partial charge >= 0.3 is 0 Å². The Hall–Kier alpha value is -0.670. The summed E-state index contributed by atoms with van der Waals surface area (Å²) in [5, 5.41) is 0. The molecule has 3 nitrogen and oxygen atoms in total. The highest BCUT2D eigenvalue weighted by Gasteiger charge is 2.10. The maximum absolute atomic E-state index is 5.58. The number of halogens is 2. The molecule has 0 aromatic carbocycles. The summed E-state index contributed by atoms with van der Waals surface area (Å²) in [6, 6.07) is 3.91. The third kappa shape index (κ3) is 3.76. The number of piperidine rings is 1. The number of hydrogen-bond donors (Lipinski definition) is 1. The topological polar surface area (TPSA) is 42.1 Å². The fourth-order valence-corrected chi connectivity index (χ4v) is 1.71. The van der Waals surface area contributed by atoms with Crippen LogP contribution >= 0.6 is 24.8 Å². The van der Waals surface area contributed by atoms with Crippen molar-refractivity contribution >= 4 is 36.3 Å². The Bertz CT molecular complexity index is 271. The Morgan fingerprint density at radius 3 is 2.27 bits per heavy atom. The molecule has 1 aliphatic rings. The van der Waals surface area contributed by atoms with Gasteiger partial charge in [0.2, 0.25) is 0 Å². The lowest BCUT2D eigenvalue weighted by Crippen LogP contribution is -2.29. The van der Waals surface area contributed by atoms with Gasteiger partial charge in [-0.3, -0.25) is 0 Å². The number of hydrogen-bond acceptors (Lipinski definition) is 3. The second-order valence-corrected chi connectivity index (χ2v) is 3.50. The summed E-state index contributed by atoms with van der Waals surface area (Å²) in [7, 11) is 0. The Kier molecular flexibility index (Phi) is 6.45. The molecule has 2 heterocycles. The van der Waals surface area contributed by atoms with E-state index in [4.69, 9.17) is 5.73 Å². The lowest BCUT2D eigenvalue weighted by atomic mass is 10.1. The van der Waals surface area contributed by atoms with E-state index in [1.54, 1.807) is 6.20 Å². The van der Waals surface area contributed by atoms with Crippen LogP contribution in [0.15, 0.2) is 18.3 Å². The smallest absolute Gasteiger partial charge is 0.128 e. The number of nitrogens with two attached hydrogens (primary N) is 1. The van der Waals surface area contributed by atoms with Crippen LogP contribution in [-0.2, 0) is 0 Å². The van der Waals surface area contributed by atoms with Crippen LogP contribution in [0.4, 0.5) is 11.5 Å². The van der Waals surface area contributed by atoms with Crippen LogP contribution in [-0.4, -0.2) is 18.1 Å². The number of rotatable bonds is 1. The summed E-state index contributed by atoms with van der Waals surface area (Å²) in [6.07, 6.45) is 5.65. The Balaban J connectivity index is 0.000000980. The number of anilines is 2. The first-order valence-corrected chi connectivity index (χ1v) is 4.83. The predicted molar refractivity (Wildman–Crippen MR) is 69.2 cm³/mol. The Morgan fingerprint density at radius 1 is 1.07 bits per heavy atom. The minimum Gasteiger partial charge on any atom is -0.397 e. The van der Waals surface area contributed by atoms with Gasteiger partial charge in [-0.1, -0.05) is 0 Å². The average molecular weight is 250 g/mol. The minimum absolute atomic E-state index is 0. The zero-order chi connectivity index (χ0) is 9.10. The second kappa shape index (κ2) is 6.75. The minimum atomic E-state index is 0. The molecule has 1 aromatic rings. The van der Waals surface area contributed by atoms with Crippen molar-refractivity contribution in [3.05, 3.63) is 18.3 Å². The van der Waals surface area contributed by atoms with Crippen LogP contribution in [0.1, 0.15) is 19.3 Å². The van der Waals surface area contributed by atoms with E-state index in [2.05, 4.69) is 9.88 Å². The maximum atomic E-state index is 5.58. The van der Waals surface area contributed by atoms with E-state index in [-0.39, 0.29) is 24.8 Å². The Labute approximate surface area is 103 Å². The van der Waals surface area contributed by atoms with Gasteiger partial charge in [-0.05, 0) is 31.4 Å². The molecule has 0 atom stereocenters. The number of aromatic nitrogens is 1. The summed E-state index contributed by atoms with van der Waals surface area (Å²) in [5.74, 6) is 1.06. The highest BCUT2D eigenvalue weighted by Crippen LogP contribution is 2.17. The molecule has 5 heteroatoms. The average Bonchev–Trinajstić information content (AvgIpc) is 2.20. The molecule has 0 aliphatic carbocycles. The van der Waals surface area contributed by atoms with Crippen molar-refractivity contribution in [1.29, 1.82) is 0 Å². The number of nitrogens with zero attached hydrogens (tertiary/aromatic N) is 2. The molecule has 2 rings (SSSR count). The van der Waals surface area contributed by atoms with Crippen LogP contribution in [0, 0.1) is 0 Å². The van der Waals surface area contributed by atoms with Gasteiger partial charge in [0, 0.05) is 13.1 Å². The van der Waals surface area contributed by atoms with Crippen molar-refractivity contribution < 1.29 is 0 Å². The zero-order valence-corrected chi connectivity index (χ0v) is 10.2. The molecule has 1 fully saturated rings. The van der Waals surface area contributed by atoms with Gasteiger partial charge in [0.05, 0.1) is 11.9 Å². The lowest BCUT2D eigenvalue weighted by molar-refractivity contribution is 0.573. The van der Waals surface area contributed by atoms with Crippen LogP contribution in [0.25, 0.3) is 0 Å². The molecular weight excluding hydrogens is 233 g/mol. The molecule has 0 saturated carbocycles. The van der Waals surface area contributed by atoms with Crippen molar-refractivity contribution in [2.75, 3.05) is 23.7 Å². The lowest BCUT2D eigenvalue weighted by Gasteiger charge is -2.27. The van der Waals surface area contributed by atoms with Gasteiger partial charge in [0.1, 0.15) is 5.82 Å². The van der Waals surface area contributed by atoms with E-state index in [0.717, 1.165) is 24.6 Å². The first-order valence-electron chi connectivity index (χ1n) is 4.83. The van der Waals surface area contributed by atoms with E-state index >= 15 is 0 Å². The van der Waals surface area contributed by atoms with Gasteiger partial charge in [-0.15, -0.1) is 24.8 Å². The molecule has 1 aliphatic heterocycles. The van der Waals surface area contributed by atoms with E-state index in [0.29, 0.717) is 0 Å². The van der Waals surface area contributed by atoms with Gasteiger partial charge < -0.3 is 10.6 Å². The molecule has 0 spiro atoms. The summed E-state index contributed by atoms with van der Waals surface area (Å²) < 4.78 is 0. The summed E-state index contributed by atoms with van der Waals surface area (Å²) in [6.45, 7) is 2.27. The maximum Gasteiger partial charge on any atom is 0.128 e. The summed E-state index contributed by atoms with van der Waals surface area (Å²) in [4.78, 5) is 6.63. The van der Waals surface area contributed by atoms with Crippen LogP contribution in [0.3, 0.4) is 0 Å². The standard InChI is InChI=1S/C10H15N3.2ClH/c11-9-4-5-10(12-8-9)13-6-2-1-3-7-13;;/h4-5,8H,1-3,6-7,11H2;2*1H. The fraction of sp³-hybridized carbons (Fsp3) is 0.500. The quantitative estimate of drug-likeness (QED) is 0.832. The molecule has 0 radical (unpaired) electrons. The van der Waals surface area contributed by atoms with E-state index < -0.39 is 0 Å². The summed E-state index contributed by atoms with van der Waals surface area (Å²) >= 11 is 0. The Morgan fingerprint density at radius 2 is 1.73 bits per heavy atom. The van der Waals surface area contributed by atoms with Crippen molar-refractivity contribution in [2.24, 2.45) is 0 Å². The van der Waals surface area contributed by atoms with Crippen LogP contribution < -0.4 is 10.6 Å². The number of nitrogen functional groups attached to an aromatic ring is 1. The monoisotopic (exact) mass is 249 g/mol. The van der Waals surface area contributed by atoms with Gasteiger partial charge in [0.15, 0.2) is 0 Å². The molecular formula is C10H17Cl2N3. The molecule has 0 bridgehead atoms. The van der Waals surface area contributed by atoms with Crippen molar-refractivity contribution in [2.45, 2.75) is 19.3 Å². The molecule has 15 heavy (non-hydrogen) atoms. The van der Waals surface area contributed by atoms with E-state index in [1.807, 2.05) is 12.1 Å². The molecule has 1 saturated heterocycles. The third-order valence-electron chi connectivity index (χ3n) is 2.45. The molecule has 1 aromatic heterocycles. The van der Waals surface area contributed by atoms with Crippen molar-refractivity contribution in [3.8, 4) is 0 Å². The largest absolute Gasteiger partial charge is 0.397 e. The third-order valence-corrected chi connectivity index (χ3v) is 2.45. The van der Waals surface area contributed by atoms with Crippen LogP contribution in [0.5, 0.6) is 0 Å². The van der Waals surface area contributed by atoms with Crippen molar-refractivity contribution in [3.63, 3.8) is 0 Å². The molecule has 86 valence electrons. The molecule has 0 unspecified atom stereocenters. The highest BCUT2D eigenvalue weighted by atomic mass is 35.5. The highest BCUT2D eigenvalue weighted by molar-refractivity contribution is 5.85. The van der Waals surface area contributed by atoms with E-state index in [1.165, 1.54) is 19.3 Å². The van der Waals surface area contributed by atoms with Gasteiger partial charge in [0.25, 0.3) is 0 Å². The zero-order valence-electron chi connectivity index (χ0n) is 8.56. The van der Waals surface area contributed by atoms with Crippen LogP contribution in [0.2, 0.25) is 0 Å². The van der Waals surface area contributed by atoms with Crippen molar-refractivity contribution in [1.82, 2.24) is 4.98 Å². The molecule has 0 amide bonds. The summed E-state index contributed by atoms with van der Waals surface area (Å²) in [5.41, 5.74) is 6.31.